The Labute approximate surface area is 185 Å². The highest BCUT2D eigenvalue weighted by molar-refractivity contribution is 5.72. The van der Waals surface area contributed by atoms with E-state index in [-0.39, 0.29) is 11.6 Å². The summed E-state index contributed by atoms with van der Waals surface area (Å²) in [5.74, 6) is 2.22. The van der Waals surface area contributed by atoms with Gasteiger partial charge >= 0.3 is 6.09 Å². The molecule has 2 unspecified atom stereocenters. The summed E-state index contributed by atoms with van der Waals surface area (Å²) in [7, 11) is 0. The van der Waals surface area contributed by atoms with Gasteiger partial charge in [0, 0.05) is 24.3 Å². The summed E-state index contributed by atoms with van der Waals surface area (Å²) in [5, 5.41) is 3.34. The molecule has 5 aliphatic rings. The van der Waals surface area contributed by atoms with E-state index in [0.29, 0.717) is 11.2 Å². The second-order valence-electron chi connectivity index (χ2n) is 11.0. The van der Waals surface area contributed by atoms with Crippen molar-refractivity contribution in [1.82, 2.24) is 5.32 Å². The molecule has 0 aromatic heterocycles. The molecule has 0 saturated heterocycles. The molecule has 4 heteroatoms. The molecule has 2 atom stereocenters. The molecule has 4 aliphatic carbocycles. The molecule has 31 heavy (non-hydrogen) atoms. The third kappa shape index (κ3) is 3.60. The summed E-state index contributed by atoms with van der Waals surface area (Å²) in [4.78, 5) is 15.3. The SMILES string of the molecule is CC12CC3CC(C1)CC(NC(=O)Oc1ccc4c(c1)CCN4Cc1ccccc1)(C3)C2. The number of benzene rings is 2. The molecular weight excluding hydrogens is 384 g/mol. The van der Waals surface area contributed by atoms with Gasteiger partial charge in [0.25, 0.3) is 0 Å². The predicted octanol–water partition coefficient (Wildman–Crippen LogP) is 5.70. The standard InChI is InChI=1S/C27H32N2O2/c1-26-13-20-11-21(14-26)16-27(15-20,18-26)28-25(30)31-23-7-8-24-22(12-23)9-10-29(24)17-19-5-3-2-4-6-19/h2-8,12,20-21H,9-11,13-18H2,1H3,(H,28,30). The lowest BCUT2D eigenvalue weighted by Crippen LogP contribution is -2.62. The summed E-state index contributed by atoms with van der Waals surface area (Å²) in [6.07, 6.45) is 8.13. The van der Waals surface area contributed by atoms with Gasteiger partial charge in [-0.2, -0.15) is 0 Å². The van der Waals surface area contributed by atoms with Crippen LogP contribution in [-0.2, 0) is 13.0 Å². The van der Waals surface area contributed by atoms with Crippen LogP contribution < -0.4 is 15.0 Å². The fourth-order valence-electron chi connectivity index (χ4n) is 7.69. The van der Waals surface area contributed by atoms with E-state index in [1.807, 2.05) is 6.07 Å². The predicted molar refractivity (Wildman–Crippen MR) is 122 cm³/mol. The van der Waals surface area contributed by atoms with Gasteiger partial charge in [-0.05, 0) is 91.5 Å². The smallest absolute Gasteiger partial charge is 0.410 e. The Balaban J connectivity index is 1.13. The summed E-state index contributed by atoms with van der Waals surface area (Å²) in [5.41, 5.74) is 4.21. The highest BCUT2D eigenvalue weighted by atomic mass is 16.6. The lowest BCUT2D eigenvalue weighted by atomic mass is 9.47. The zero-order valence-corrected chi connectivity index (χ0v) is 18.4. The first-order valence-corrected chi connectivity index (χ1v) is 11.9. The molecule has 2 aromatic rings. The quantitative estimate of drug-likeness (QED) is 0.695. The number of nitrogens with one attached hydrogen (secondary N) is 1. The van der Waals surface area contributed by atoms with Crippen LogP contribution in [0.1, 0.15) is 56.6 Å². The minimum Gasteiger partial charge on any atom is -0.410 e. The van der Waals surface area contributed by atoms with Crippen molar-refractivity contribution in [1.29, 1.82) is 0 Å². The van der Waals surface area contributed by atoms with Gasteiger partial charge < -0.3 is 15.0 Å². The molecule has 0 radical (unpaired) electrons. The summed E-state index contributed by atoms with van der Waals surface area (Å²) in [6.45, 7) is 4.34. The van der Waals surface area contributed by atoms with E-state index in [1.165, 1.54) is 36.1 Å². The van der Waals surface area contributed by atoms with E-state index >= 15 is 0 Å². The average Bonchev–Trinajstić information content (AvgIpc) is 3.08. The lowest BCUT2D eigenvalue weighted by Gasteiger charge is -2.61. The van der Waals surface area contributed by atoms with Crippen LogP contribution in [-0.4, -0.2) is 18.2 Å². The number of fused-ring (bicyclic) bond motifs is 1. The third-order valence-electron chi connectivity index (χ3n) is 8.19. The van der Waals surface area contributed by atoms with Crippen molar-refractivity contribution >= 4 is 11.8 Å². The summed E-state index contributed by atoms with van der Waals surface area (Å²) < 4.78 is 5.80. The first-order chi connectivity index (χ1) is 15.0. The van der Waals surface area contributed by atoms with E-state index in [2.05, 4.69) is 59.6 Å². The molecule has 2 aromatic carbocycles. The van der Waals surface area contributed by atoms with Gasteiger partial charge in [-0.15, -0.1) is 0 Å². The van der Waals surface area contributed by atoms with Gasteiger partial charge in [0.05, 0.1) is 0 Å². The van der Waals surface area contributed by atoms with Gasteiger partial charge in [-0.3, -0.25) is 0 Å². The monoisotopic (exact) mass is 416 g/mol. The Bertz CT molecular complexity index is 988. The maximum Gasteiger partial charge on any atom is 0.413 e. The summed E-state index contributed by atoms with van der Waals surface area (Å²) >= 11 is 0. The molecule has 4 saturated carbocycles. The highest BCUT2D eigenvalue weighted by Gasteiger charge is 2.56. The number of hydrogen-bond donors (Lipinski definition) is 1. The molecule has 1 heterocycles. The highest BCUT2D eigenvalue weighted by Crippen LogP contribution is 2.61. The number of nitrogens with zero attached hydrogens (tertiary/aromatic N) is 1. The number of anilines is 1. The van der Waals surface area contributed by atoms with Crippen LogP contribution in [0, 0.1) is 17.3 Å². The van der Waals surface area contributed by atoms with Gasteiger partial charge in [-0.25, -0.2) is 4.79 Å². The van der Waals surface area contributed by atoms with Crippen molar-refractivity contribution in [2.24, 2.45) is 17.3 Å². The van der Waals surface area contributed by atoms with Gasteiger partial charge in [0.1, 0.15) is 5.75 Å². The number of amides is 1. The van der Waals surface area contributed by atoms with Crippen LogP contribution in [0.15, 0.2) is 48.5 Å². The van der Waals surface area contributed by atoms with Gasteiger partial charge in [-0.1, -0.05) is 37.3 Å². The third-order valence-corrected chi connectivity index (χ3v) is 8.19. The van der Waals surface area contributed by atoms with Crippen molar-refractivity contribution < 1.29 is 9.53 Å². The molecule has 1 aliphatic heterocycles. The number of ether oxygens (including phenoxy) is 1. The van der Waals surface area contributed by atoms with Crippen LogP contribution in [0.2, 0.25) is 0 Å². The van der Waals surface area contributed by atoms with E-state index in [1.54, 1.807) is 0 Å². The molecule has 4 nitrogen and oxygen atoms in total. The van der Waals surface area contributed by atoms with Gasteiger partial charge in [0.15, 0.2) is 0 Å². The van der Waals surface area contributed by atoms with Crippen LogP contribution in [0.25, 0.3) is 0 Å². The molecule has 4 fully saturated rings. The minimum atomic E-state index is -0.273. The normalized spacial score (nSPS) is 32.7. The Morgan fingerprint density at radius 1 is 1.10 bits per heavy atom. The van der Waals surface area contributed by atoms with Gasteiger partial charge in [0.2, 0.25) is 0 Å². The van der Waals surface area contributed by atoms with E-state index in [9.17, 15) is 4.79 Å². The lowest BCUT2D eigenvalue weighted by molar-refractivity contribution is -0.0683. The zero-order valence-electron chi connectivity index (χ0n) is 18.4. The molecular formula is C27H32N2O2. The van der Waals surface area contributed by atoms with Crippen molar-refractivity contribution in [3.8, 4) is 5.75 Å². The molecule has 0 spiro atoms. The first kappa shape index (κ1) is 19.2. The Morgan fingerprint density at radius 3 is 2.61 bits per heavy atom. The van der Waals surface area contributed by atoms with Crippen LogP contribution in [0.5, 0.6) is 5.75 Å². The van der Waals surface area contributed by atoms with Crippen molar-refractivity contribution in [3.05, 3.63) is 59.7 Å². The summed E-state index contributed by atoms with van der Waals surface area (Å²) in [6, 6.07) is 16.7. The molecule has 7 rings (SSSR count). The van der Waals surface area contributed by atoms with Crippen molar-refractivity contribution in [3.63, 3.8) is 0 Å². The molecule has 162 valence electrons. The van der Waals surface area contributed by atoms with Crippen molar-refractivity contribution in [2.75, 3.05) is 11.4 Å². The topological polar surface area (TPSA) is 41.6 Å². The Hall–Kier alpha value is -2.49. The second-order valence-corrected chi connectivity index (χ2v) is 11.0. The van der Waals surface area contributed by atoms with Crippen molar-refractivity contribution in [2.45, 2.75) is 64.0 Å². The maximum atomic E-state index is 12.9. The Kier molecular flexibility index (Phi) is 4.35. The average molecular weight is 417 g/mol. The van der Waals surface area contributed by atoms with E-state index < -0.39 is 0 Å². The molecule has 1 amide bonds. The maximum absolute atomic E-state index is 12.9. The van der Waals surface area contributed by atoms with E-state index in [4.69, 9.17) is 4.74 Å². The minimum absolute atomic E-state index is 0.0425. The zero-order chi connectivity index (χ0) is 21.1. The van der Waals surface area contributed by atoms with Crippen LogP contribution >= 0.6 is 0 Å². The first-order valence-electron chi connectivity index (χ1n) is 11.9. The Morgan fingerprint density at radius 2 is 1.87 bits per heavy atom. The van der Waals surface area contributed by atoms with Crippen LogP contribution in [0.3, 0.4) is 0 Å². The number of carbonyl (C=O) groups excluding carboxylic acids is 1. The van der Waals surface area contributed by atoms with Crippen LogP contribution in [0.4, 0.5) is 10.5 Å². The molecule has 4 bridgehead atoms. The fraction of sp³-hybridized carbons (Fsp3) is 0.519. The fourth-order valence-corrected chi connectivity index (χ4v) is 7.69. The second kappa shape index (κ2) is 7.01. The number of rotatable bonds is 4. The number of hydrogen-bond acceptors (Lipinski definition) is 3. The largest absolute Gasteiger partial charge is 0.413 e. The molecule has 1 N–H and O–H groups in total. The van der Waals surface area contributed by atoms with E-state index in [0.717, 1.165) is 50.6 Å². The number of carbonyl (C=O) groups is 1.